The molecule has 0 saturated carbocycles. The molecule has 6 nitrogen and oxygen atoms in total. The quantitative estimate of drug-likeness (QED) is 0.811. The summed E-state index contributed by atoms with van der Waals surface area (Å²) in [5.41, 5.74) is 1.13. The maximum absolute atomic E-state index is 12.4. The van der Waals surface area contributed by atoms with Crippen molar-refractivity contribution in [2.24, 2.45) is 5.92 Å². The number of fused-ring (bicyclic) bond motifs is 1. The van der Waals surface area contributed by atoms with Crippen molar-refractivity contribution in [3.63, 3.8) is 0 Å². The number of carboxylic acids is 1. The first-order chi connectivity index (χ1) is 13.2. The van der Waals surface area contributed by atoms with Gasteiger partial charge in [0.2, 0.25) is 5.91 Å². The van der Waals surface area contributed by atoms with Crippen molar-refractivity contribution >= 4 is 23.2 Å². The zero-order chi connectivity index (χ0) is 20.7. The number of ether oxygens (including phenoxy) is 1. The van der Waals surface area contributed by atoms with Gasteiger partial charge >= 0.3 is 12.1 Å². The van der Waals surface area contributed by atoms with Crippen LogP contribution >= 0.6 is 11.3 Å². The second-order valence-electron chi connectivity index (χ2n) is 6.80. The number of hydrogen-bond donors (Lipinski definition) is 1. The molecule has 0 radical (unpaired) electrons. The fourth-order valence-corrected chi connectivity index (χ4v) is 3.98. The summed E-state index contributed by atoms with van der Waals surface area (Å²) in [5, 5.41) is 11.2. The highest BCUT2D eigenvalue weighted by Crippen LogP contribution is 2.24. The molecule has 0 bridgehead atoms. The smallest absolute Gasteiger partial charge is 0.475 e. The summed E-state index contributed by atoms with van der Waals surface area (Å²) in [6, 6.07) is 2.04. The van der Waals surface area contributed by atoms with Gasteiger partial charge in [0.05, 0.1) is 19.1 Å². The number of rotatable bonds is 3. The molecule has 2 aliphatic heterocycles. The number of halogens is 3. The van der Waals surface area contributed by atoms with Gasteiger partial charge in [-0.1, -0.05) is 6.92 Å². The Balaban J connectivity index is 0.000000345. The van der Waals surface area contributed by atoms with Crippen LogP contribution in [0.4, 0.5) is 13.2 Å². The Morgan fingerprint density at radius 3 is 2.61 bits per heavy atom. The SMILES string of the molecule is CCN1CCO[C@@H]2CN(C(=O)Cc3ccsc3)CC[C@@H]2C1.O=C(O)C(F)(F)F. The monoisotopic (exact) mass is 422 g/mol. The van der Waals surface area contributed by atoms with Crippen LogP contribution in [-0.2, 0) is 20.7 Å². The van der Waals surface area contributed by atoms with E-state index in [2.05, 4.69) is 17.2 Å². The Bertz CT molecular complexity index is 639. The number of hydrogen-bond acceptors (Lipinski definition) is 5. The van der Waals surface area contributed by atoms with E-state index in [0.29, 0.717) is 12.3 Å². The van der Waals surface area contributed by atoms with Crippen LogP contribution in [-0.4, -0.2) is 78.4 Å². The predicted octanol–water partition coefficient (Wildman–Crippen LogP) is 2.49. The van der Waals surface area contributed by atoms with Crippen LogP contribution in [0.5, 0.6) is 0 Å². The first-order valence-electron chi connectivity index (χ1n) is 9.13. The molecule has 158 valence electrons. The number of piperidine rings is 1. The fourth-order valence-electron chi connectivity index (χ4n) is 3.31. The fraction of sp³-hybridized carbons (Fsp3) is 0.667. The van der Waals surface area contributed by atoms with Gasteiger partial charge in [-0.15, -0.1) is 0 Å². The lowest BCUT2D eigenvalue weighted by Gasteiger charge is -2.38. The van der Waals surface area contributed by atoms with Gasteiger partial charge in [-0.2, -0.15) is 24.5 Å². The molecule has 2 atom stereocenters. The highest BCUT2D eigenvalue weighted by atomic mass is 32.1. The number of aliphatic carboxylic acids is 1. The van der Waals surface area contributed by atoms with Gasteiger partial charge in [-0.05, 0) is 35.4 Å². The summed E-state index contributed by atoms with van der Waals surface area (Å²) in [4.78, 5) is 25.8. The third-order valence-corrected chi connectivity index (χ3v) is 5.64. The summed E-state index contributed by atoms with van der Waals surface area (Å²) in [6.45, 7) is 7.88. The minimum atomic E-state index is -5.08. The molecule has 3 rings (SSSR count). The summed E-state index contributed by atoms with van der Waals surface area (Å²) in [7, 11) is 0. The van der Waals surface area contributed by atoms with Crippen molar-refractivity contribution in [2.75, 3.05) is 39.3 Å². The number of carboxylic acid groups (broad SMARTS) is 1. The molecule has 0 unspecified atom stereocenters. The molecular weight excluding hydrogens is 397 g/mol. The molecule has 10 heteroatoms. The maximum Gasteiger partial charge on any atom is 0.490 e. The summed E-state index contributed by atoms with van der Waals surface area (Å²) < 4.78 is 37.8. The highest BCUT2D eigenvalue weighted by Gasteiger charge is 2.38. The van der Waals surface area contributed by atoms with Crippen LogP contribution in [0.2, 0.25) is 0 Å². The molecule has 1 amide bonds. The maximum atomic E-state index is 12.4. The van der Waals surface area contributed by atoms with Crippen LogP contribution in [0.3, 0.4) is 0 Å². The third-order valence-electron chi connectivity index (χ3n) is 4.91. The Morgan fingerprint density at radius 1 is 1.32 bits per heavy atom. The number of nitrogens with zero attached hydrogens (tertiary/aromatic N) is 2. The molecular formula is C18H25F3N2O4S. The van der Waals surface area contributed by atoms with Crippen molar-refractivity contribution < 1.29 is 32.6 Å². The minimum absolute atomic E-state index is 0.224. The average Bonchev–Trinajstić information content (AvgIpc) is 3.05. The minimum Gasteiger partial charge on any atom is -0.475 e. The summed E-state index contributed by atoms with van der Waals surface area (Å²) in [6.07, 6.45) is -3.26. The number of carbonyl (C=O) groups excluding carboxylic acids is 1. The topological polar surface area (TPSA) is 70.1 Å². The highest BCUT2D eigenvalue weighted by molar-refractivity contribution is 7.08. The van der Waals surface area contributed by atoms with Crippen LogP contribution in [0.1, 0.15) is 18.9 Å². The van der Waals surface area contributed by atoms with E-state index in [1.54, 1.807) is 11.3 Å². The van der Waals surface area contributed by atoms with E-state index in [-0.39, 0.29) is 12.0 Å². The summed E-state index contributed by atoms with van der Waals surface area (Å²) in [5.74, 6) is -1.93. The Kier molecular flexibility index (Phi) is 8.26. The number of thiophene rings is 1. The predicted molar refractivity (Wildman–Crippen MR) is 98.3 cm³/mol. The van der Waals surface area contributed by atoms with E-state index >= 15 is 0 Å². The number of carbonyl (C=O) groups is 2. The van der Waals surface area contributed by atoms with Crippen LogP contribution in [0.15, 0.2) is 16.8 Å². The first-order valence-corrected chi connectivity index (χ1v) is 10.1. The zero-order valence-electron chi connectivity index (χ0n) is 15.7. The molecule has 1 aromatic rings. The largest absolute Gasteiger partial charge is 0.490 e. The van der Waals surface area contributed by atoms with Crippen molar-refractivity contribution in [3.05, 3.63) is 22.4 Å². The van der Waals surface area contributed by atoms with Crippen molar-refractivity contribution in [2.45, 2.75) is 32.0 Å². The van der Waals surface area contributed by atoms with E-state index in [1.807, 2.05) is 16.3 Å². The second kappa shape index (κ2) is 10.2. The molecule has 1 N–H and O–H groups in total. The van der Waals surface area contributed by atoms with E-state index < -0.39 is 12.1 Å². The van der Waals surface area contributed by atoms with E-state index in [1.165, 1.54) is 0 Å². The van der Waals surface area contributed by atoms with Gasteiger partial charge in [0.15, 0.2) is 0 Å². The number of amides is 1. The van der Waals surface area contributed by atoms with Gasteiger partial charge in [0, 0.05) is 32.1 Å². The molecule has 0 aliphatic carbocycles. The molecule has 1 aromatic heterocycles. The van der Waals surface area contributed by atoms with E-state index in [9.17, 15) is 18.0 Å². The number of alkyl halides is 3. The van der Waals surface area contributed by atoms with Crippen molar-refractivity contribution in [1.29, 1.82) is 0 Å². The lowest BCUT2D eigenvalue weighted by atomic mass is 9.93. The Hall–Kier alpha value is -1.65. The van der Waals surface area contributed by atoms with Gasteiger partial charge in [-0.3, -0.25) is 4.79 Å². The normalized spacial score (nSPS) is 23.2. The lowest BCUT2D eigenvalue weighted by molar-refractivity contribution is -0.192. The molecule has 2 fully saturated rings. The zero-order valence-corrected chi connectivity index (χ0v) is 16.5. The second-order valence-corrected chi connectivity index (χ2v) is 7.58. The van der Waals surface area contributed by atoms with Crippen molar-refractivity contribution in [3.8, 4) is 0 Å². The third kappa shape index (κ3) is 6.75. The average molecular weight is 422 g/mol. The van der Waals surface area contributed by atoms with Gasteiger partial charge in [-0.25, -0.2) is 4.79 Å². The van der Waals surface area contributed by atoms with Gasteiger partial charge < -0.3 is 19.6 Å². The standard InChI is InChI=1S/C16H24N2O2S.C2HF3O2/c1-2-17-6-7-20-15-11-18(5-3-14(15)10-17)16(19)9-13-4-8-21-12-13;3-2(4,5)1(6)7/h4,8,12,14-15H,2-3,5-7,9-11H2,1H3;(H,6,7)/t14-,15-;/m1./s1. The molecule has 0 spiro atoms. The van der Waals surface area contributed by atoms with Gasteiger partial charge in [0.25, 0.3) is 0 Å². The van der Waals surface area contributed by atoms with Gasteiger partial charge in [0.1, 0.15) is 0 Å². The molecule has 0 aromatic carbocycles. The summed E-state index contributed by atoms with van der Waals surface area (Å²) >= 11 is 1.65. The molecule has 2 saturated heterocycles. The Labute approximate surface area is 165 Å². The lowest BCUT2D eigenvalue weighted by Crippen LogP contribution is -2.49. The van der Waals surface area contributed by atoms with E-state index in [4.69, 9.17) is 14.6 Å². The number of likely N-dealkylation sites (N-methyl/N-ethyl adjacent to an activating group) is 1. The van der Waals surface area contributed by atoms with Crippen LogP contribution in [0, 0.1) is 5.92 Å². The molecule has 28 heavy (non-hydrogen) atoms. The van der Waals surface area contributed by atoms with Crippen LogP contribution in [0.25, 0.3) is 0 Å². The van der Waals surface area contributed by atoms with E-state index in [0.717, 1.165) is 51.3 Å². The number of likely N-dealkylation sites (tertiary alicyclic amines) is 1. The van der Waals surface area contributed by atoms with Crippen LogP contribution < -0.4 is 0 Å². The van der Waals surface area contributed by atoms with Crippen molar-refractivity contribution in [1.82, 2.24) is 9.80 Å². The molecule has 2 aliphatic rings. The Morgan fingerprint density at radius 2 is 2.04 bits per heavy atom. The molecule has 3 heterocycles. The first kappa shape index (κ1) is 22.6.